The standard InChI is InChI=1S/C6H10O2S/c1-2-5-8-6(9)3-4-7/h2,7H,1,3-5H2. The van der Waals surface area contributed by atoms with Gasteiger partial charge in [-0.2, -0.15) is 0 Å². The molecule has 3 heteroatoms. The molecular weight excluding hydrogens is 136 g/mol. The normalized spacial score (nSPS) is 8.56. The maximum Gasteiger partial charge on any atom is 0.162 e. The number of rotatable bonds is 4. The van der Waals surface area contributed by atoms with Gasteiger partial charge in [-0.25, -0.2) is 0 Å². The molecule has 2 nitrogen and oxygen atoms in total. The highest BCUT2D eigenvalue weighted by molar-refractivity contribution is 7.80. The fourth-order valence-electron chi connectivity index (χ4n) is 0.315. The van der Waals surface area contributed by atoms with Crippen LogP contribution < -0.4 is 0 Å². The Labute approximate surface area is 60.1 Å². The van der Waals surface area contributed by atoms with E-state index in [1.807, 2.05) is 0 Å². The maximum absolute atomic E-state index is 8.34. The summed E-state index contributed by atoms with van der Waals surface area (Å²) >= 11 is 4.69. The molecule has 0 amide bonds. The lowest BCUT2D eigenvalue weighted by atomic mass is 10.5. The van der Waals surface area contributed by atoms with E-state index >= 15 is 0 Å². The summed E-state index contributed by atoms with van der Waals surface area (Å²) in [5.41, 5.74) is 0. The topological polar surface area (TPSA) is 29.5 Å². The van der Waals surface area contributed by atoms with Gasteiger partial charge in [0.2, 0.25) is 0 Å². The fraction of sp³-hybridized carbons (Fsp3) is 0.500. The first-order valence-electron chi connectivity index (χ1n) is 2.68. The minimum atomic E-state index is 0.0516. The Bertz CT molecular complexity index is 101. The summed E-state index contributed by atoms with van der Waals surface area (Å²) in [4.78, 5) is 0. The van der Waals surface area contributed by atoms with Crippen molar-refractivity contribution in [1.29, 1.82) is 0 Å². The third kappa shape index (κ3) is 5.46. The van der Waals surface area contributed by atoms with Crippen LogP contribution in [-0.4, -0.2) is 23.4 Å². The smallest absolute Gasteiger partial charge is 0.162 e. The lowest BCUT2D eigenvalue weighted by molar-refractivity contribution is 0.284. The Morgan fingerprint density at radius 2 is 2.44 bits per heavy atom. The Morgan fingerprint density at radius 3 is 2.89 bits per heavy atom. The van der Waals surface area contributed by atoms with Gasteiger partial charge < -0.3 is 9.84 Å². The average molecular weight is 146 g/mol. The fourth-order valence-corrected chi connectivity index (χ4v) is 0.475. The van der Waals surface area contributed by atoms with Crippen molar-refractivity contribution in [3.63, 3.8) is 0 Å². The van der Waals surface area contributed by atoms with Crippen molar-refractivity contribution in [1.82, 2.24) is 0 Å². The van der Waals surface area contributed by atoms with Crippen LogP contribution in [-0.2, 0) is 4.74 Å². The quantitative estimate of drug-likeness (QED) is 0.472. The zero-order valence-electron chi connectivity index (χ0n) is 5.17. The molecule has 1 N–H and O–H groups in total. The number of aliphatic hydroxyl groups excluding tert-OH is 1. The molecule has 0 bridgehead atoms. The van der Waals surface area contributed by atoms with E-state index in [9.17, 15) is 0 Å². The average Bonchev–Trinajstić information content (AvgIpc) is 1.85. The minimum absolute atomic E-state index is 0.0516. The minimum Gasteiger partial charge on any atom is -0.483 e. The molecule has 0 saturated heterocycles. The Balaban J connectivity index is 3.16. The molecule has 0 aliphatic heterocycles. The summed E-state index contributed by atoms with van der Waals surface area (Å²) < 4.78 is 4.88. The molecule has 0 atom stereocenters. The number of ether oxygens (including phenoxy) is 1. The molecule has 0 rings (SSSR count). The largest absolute Gasteiger partial charge is 0.483 e. The van der Waals surface area contributed by atoms with Crippen LogP contribution in [0.15, 0.2) is 12.7 Å². The Hall–Kier alpha value is -0.410. The molecule has 0 fully saturated rings. The van der Waals surface area contributed by atoms with Gasteiger partial charge in [0.05, 0.1) is 6.61 Å². The van der Waals surface area contributed by atoms with Gasteiger partial charge in [0.25, 0.3) is 0 Å². The molecule has 52 valence electrons. The van der Waals surface area contributed by atoms with Crippen molar-refractivity contribution in [3.05, 3.63) is 12.7 Å². The lowest BCUT2D eigenvalue weighted by Gasteiger charge is -2.00. The molecule has 0 radical (unpaired) electrons. The first-order valence-corrected chi connectivity index (χ1v) is 3.09. The molecule has 0 aliphatic carbocycles. The van der Waals surface area contributed by atoms with Crippen molar-refractivity contribution < 1.29 is 9.84 Å². The first-order chi connectivity index (χ1) is 4.31. The second kappa shape index (κ2) is 5.72. The van der Waals surface area contributed by atoms with Crippen LogP contribution in [0.5, 0.6) is 0 Å². The summed E-state index contributed by atoms with van der Waals surface area (Å²) in [6.45, 7) is 3.93. The zero-order chi connectivity index (χ0) is 7.11. The van der Waals surface area contributed by atoms with Crippen molar-refractivity contribution in [2.75, 3.05) is 13.2 Å². The van der Waals surface area contributed by atoms with Crippen LogP contribution in [0, 0.1) is 0 Å². The highest BCUT2D eigenvalue weighted by atomic mass is 32.1. The molecule has 0 spiro atoms. The van der Waals surface area contributed by atoms with Crippen LogP contribution in [0.2, 0.25) is 0 Å². The van der Waals surface area contributed by atoms with Gasteiger partial charge in [-0.1, -0.05) is 12.7 Å². The number of hydrogen-bond acceptors (Lipinski definition) is 3. The van der Waals surface area contributed by atoms with Gasteiger partial charge in [0, 0.05) is 6.42 Å². The van der Waals surface area contributed by atoms with E-state index in [1.165, 1.54) is 0 Å². The van der Waals surface area contributed by atoms with Gasteiger partial charge in [0.1, 0.15) is 6.61 Å². The van der Waals surface area contributed by atoms with Crippen LogP contribution in [0.25, 0.3) is 0 Å². The van der Waals surface area contributed by atoms with E-state index in [-0.39, 0.29) is 6.61 Å². The summed E-state index contributed by atoms with van der Waals surface area (Å²) in [6.07, 6.45) is 2.05. The summed E-state index contributed by atoms with van der Waals surface area (Å²) in [5.74, 6) is 0. The van der Waals surface area contributed by atoms with Gasteiger partial charge in [-0.15, -0.1) is 0 Å². The predicted octanol–water partition coefficient (Wildman–Crippen LogP) is 0.899. The lowest BCUT2D eigenvalue weighted by Crippen LogP contribution is -2.03. The highest BCUT2D eigenvalue weighted by Crippen LogP contribution is 1.87. The summed E-state index contributed by atoms with van der Waals surface area (Å²) in [7, 11) is 0. The maximum atomic E-state index is 8.34. The van der Waals surface area contributed by atoms with E-state index in [0.29, 0.717) is 18.1 Å². The van der Waals surface area contributed by atoms with E-state index in [0.717, 1.165) is 0 Å². The predicted molar refractivity (Wildman–Crippen MR) is 40.4 cm³/mol. The molecule has 0 unspecified atom stereocenters. The number of thiocarbonyl (C=S) groups is 1. The Kier molecular flexibility index (Phi) is 5.46. The number of aliphatic hydroxyl groups is 1. The van der Waals surface area contributed by atoms with Crippen LogP contribution >= 0.6 is 12.2 Å². The van der Waals surface area contributed by atoms with Gasteiger partial charge in [-0.3, -0.25) is 0 Å². The SMILES string of the molecule is C=CCOC(=S)CCO. The molecular formula is C6H10O2S. The third-order valence-corrected chi connectivity index (χ3v) is 1.00. The van der Waals surface area contributed by atoms with Crippen LogP contribution in [0.1, 0.15) is 6.42 Å². The van der Waals surface area contributed by atoms with Crippen molar-refractivity contribution in [3.8, 4) is 0 Å². The van der Waals surface area contributed by atoms with Gasteiger partial charge in [-0.05, 0) is 12.2 Å². The first kappa shape index (κ1) is 8.59. The molecule has 0 aromatic rings. The van der Waals surface area contributed by atoms with Crippen molar-refractivity contribution in [2.45, 2.75) is 6.42 Å². The van der Waals surface area contributed by atoms with E-state index in [4.69, 9.17) is 9.84 Å². The molecule has 0 aromatic carbocycles. The van der Waals surface area contributed by atoms with Crippen LogP contribution in [0.4, 0.5) is 0 Å². The summed E-state index contributed by atoms with van der Waals surface area (Å²) in [6, 6.07) is 0. The van der Waals surface area contributed by atoms with Gasteiger partial charge >= 0.3 is 0 Å². The van der Waals surface area contributed by atoms with E-state index in [1.54, 1.807) is 6.08 Å². The molecule has 0 saturated carbocycles. The van der Waals surface area contributed by atoms with E-state index < -0.39 is 0 Å². The highest BCUT2D eigenvalue weighted by Gasteiger charge is 1.91. The van der Waals surface area contributed by atoms with Gasteiger partial charge in [0.15, 0.2) is 5.05 Å². The van der Waals surface area contributed by atoms with Crippen molar-refractivity contribution >= 4 is 17.3 Å². The van der Waals surface area contributed by atoms with Crippen LogP contribution in [0.3, 0.4) is 0 Å². The van der Waals surface area contributed by atoms with E-state index in [2.05, 4.69) is 18.8 Å². The monoisotopic (exact) mass is 146 g/mol. The molecule has 0 heterocycles. The second-order valence-electron chi connectivity index (χ2n) is 1.45. The number of hydrogen-bond donors (Lipinski definition) is 1. The Morgan fingerprint density at radius 1 is 1.78 bits per heavy atom. The molecule has 0 aromatic heterocycles. The molecule has 0 aliphatic rings. The van der Waals surface area contributed by atoms with Crippen molar-refractivity contribution in [2.24, 2.45) is 0 Å². The molecule has 9 heavy (non-hydrogen) atoms. The summed E-state index contributed by atoms with van der Waals surface area (Å²) in [5, 5.41) is 8.78. The zero-order valence-corrected chi connectivity index (χ0v) is 5.99. The second-order valence-corrected chi connectivity index (χ2v) is 1.90. The third-order valence-electron chi connectivity index (χ3n) is 0.678.